The molecule has 2 nitrogen and oxygen atoms in total. The monoisotopic (exact) mass is 299 g/mol. The summed E-state index contributed by atoms with van der Waals surface area (Å²) in [5.41, 5.74) is 4.13. The summed E-state index contributed by atoms with van der Waals surface area (Å²) in [5.74, 6) is 0. The van der Waals surface area contributed by atoms with E-state index < -0.39 is 0 Å². The summed E-state index contributed by atoms with van der Waals surface area (Å²) >= 11 is 0. The van der Waals surface area contributed by atoms with Gasteiger partial charge in [-0.3, -0.25) is 0 Å². The zero-order chi connectivity index (χ0) is 15.6. The molecule has 1 heterocycles. The van der Waals surface area contributed by atoms with E-state index in [-0.39, 0.29) is 6.61 Å². The number of hydrogen-bond acceptors (Lipinski definition) is 2. The lowest BCUT2D eigenvalue weighted by Crippen LogP contribution is -1.98. The summed E-state index contributed by atoms with van der Waals surface area (Å²) in [6, 6.07) is 24.9. The maximum absolute atomic E-state index is 9.45. The van der Waals surface area contributed by atoms with Gasteiger partial charge in [0.15, 0.2) is 0 Å². The van der Waals surface area contributed by atoms with E-state index in [1.165, 1.54) is 10.8 Å². The fourth-order valence-electron chi connectivity index (χ4n) is 3.13. The number of hydrogen-bond donors (Lipinski definition) is 1. The van der Waals surface area contributed by atoms with Crippen LogP contribution in [0.5, 0.6) is 0 Å². The van der Waals surface area contributed by atoms with E-state index in [0.29, 0.717) is 6.42 Å². The standard InChI is InChI=1S/C21H17NO/c23-13-12-17-14-19-18-9-5-4-6-15(18)10-11-20(19)22-21(17)16-7-2-1-3-8-16/h1-11,14,23H,12-13H2. The molecule has 0 aliphatic rings. The van der Waals surface area contributed by atoms with Crippen molar-refractivity contribution in [2.24, 2.45) is 0 Å². The van der Waals surface area contributed by atoms with Gasteiger partial charge in [0, 0.05) is 17.6 Å². The zero-order valence-corrected chi connectivity index (χ0v) is 12.7. The van der Waals surface area contributed by atoms with E-state index in [2.05, 4.69) is 54.6 Å². The zero-order valence-electron chi connectivity index (χ0n) is 12.7. The molecule has 0 fully saturated rings. The van der Waals surface area contributed by atoms with Crippen molar-refractivity contribution >= 4 is 21.7 Å². The number of benzene rings is 3. The van der Waals surface area contributed by atoms with Gasteiger partial charge in [-0.05, 0) is 34.9 Å². The Morgan fingerprint density at radius 3 is 2.39 bits per heavy atom. The van der Waals surface area contributed by atoms with Gasteiger partial charge in [0.2, 0.25) is 0 Å². The highest BCUT2D eigenvalue weighted by atomic mass is 16.2. The molecule has 0 amide bonds. The van der Waals surface area contributed by atoms with E-state index in [0.717, 1.165) is 27.7 Å². The van der Waals surface area contributed by atoms with E-state index in [1.807, 2.05) is 18.2 Å². The van der Waals surface area contributed by atoms with Crippen LogP contribution in [0.2, 0.25) is 0 Å². The molecule has 1 aromatic heterocycles. The third-order valence-electron chi connectivity index (χ3n) is 4.23. The summed E-state index contributed by atoms with van der Waals surface area (Å²) in [5, 5.41) is 13.0. The minimum atomic E-state index is 0.123. The Hall–Kier alpha value is -2.71. The Balaban J connectivity index is 2.04. The maximum Gasteiger partial charge on any atom is 0.0742 e. The van der Waals surface area contributed by atoms with E-state index in [1.54, 1.807) is 0 Å². The number of fused-ring (bicyclic) bond motifs is 3. The highest BCUT2D eigenvalue weighted by Gasteiger charge is 2.10. The Morgan fingerprint density at radius 2 is 1.57 bits per heavy atom. The molecule has 0 aliphatic heterocycles. The first kappa shape index (κ1) is 13.9. The van der Waals surface area contributed by atoms with Crippen molar-refractivity contribution < 1.29 is 5.11 Å². The normalized spacial score (nSPS) is 11.2. The van der Waals surface area contributed by atoms with Gasteiger partial charge in [-0.25, -0.2) is 4.98 Å². The van der Waals surface area contributed by atoms with Gasteiger partial charge in [0.25, 0.3) is 0 Å². The van der Waals surface area contributed by atoms with Crippen LogP contribution < -0.4 is 0 Å². The van der Waals surface area contributed by atoms with Crippen molar-refractivity contribution in [3.8, 4) is 11.3 Å². The molecule has 1 N–H and O–H groups in total. The van der Waals surface area contributed by atoms with E-state index >= 15 is 0 Å². The Kier molecular flexibility index (Phi) is 3.52. The average molecular weight is 299 g/mol. The van der Waals surface area contributed by atoms with Gasteiger partial charge < -0.3 is 5.11 Å². The van der Waals surface area contributed by atoms with E-state index in [9.17, 15) is 5.11 Å². The number of aromatic nitrogens is 1. The van der Waals surface area contributed by atoms with Crippen LogP contribution in [-0.4, -0.2) is 16.7 Å². The third kappa shape index (κ3) is 2.47. The lowest BCUT2D eigenvalue weighted by molar-refractivity contribution is 0.299. The van der Waals surface area contributed by atoms with Gasteiger partial charge in [-0.2, -0.15) is 0 Å². The molecule has 0 radical (unpaired) electrons. The molecule has 0 saturated heterocycles. The lowest BCUT2D eigenvalue weighted by Gasteiger charge is -2.12. The van der Waals surface area contributed by atoms with Gasteiger partial charge in [-0.1, -0.05) is 60.7 Å². The quantitative estimate of drug-likeness (QED) is 0.561. The van der Waals surface area contributed by atoms with Crippen LogP contribution in [0, 0.1) is 0 Å². The van der Waals surface area contributed by atoms with Crippen LogP contribution in [0.15, 0.2) is 72.8 Å². The second-order valence-electron chi connectivity index (χ2n) is 5.69. The van der Waals surface area contributed by atoms with Crippen LogP contribution in [0.3, 0.4) is 0 Å². The van der Waals surface area contributed by atoms with Crippen LogP contribution >= 0.6 is 0 Å². The number of nitrogens with zero attached hydrogens (tertiary/aromatic N) is 1. The minimum Gasteiger partial charge on any atom is -0.396 e. The van der Waals surface area contributed by atoms with Gasteiger partial charge >= 0.3 is 0 Å². The highest BCUT2D eigenvalue weighted by Crippen LogP contribution is 2.30. The molecule has 0 atom stereocenters. The van der Waals surface area contributed by atoms with Gasteiger partial charge in [0.05, 0.1) is 11.2 Å². The SMILES string of the molecule is OCCc1cc2c(ccc3ccccc32)nc1-c1ccccc1. The molecule has 2 heteroatoms. The summed E-state index contributed by atoms with van der Waals surface area (Å²) in [4.78, 5) is 4.90. The Bertz CT molecular complexity index is 977. The number of aliphatic hydroxyl groups is 1. The highest BCUT2D eigenvalue weighted by molar-refractivity contribution is 6.06. The third-order valence-corrected chi connectivity index (χ3v) is 4.23. The molecular weight excluding hydrogens is 282 g/mol. The van der Waals surface area contributed by atoms with Crippen molar-refractivity contribution in [3.63, 3.8) is 0 Å². The predicted molar refractivity (Wildman–Crippen MR) is 95.5 cm³/mol. The summed E-state index contributed by atoms with van der Waals surface area (Å²) in [6.45, 7) is 0.123. The molecule has 0 aliphatic carbocycles. The Labute approximate surface area is 135 Å². The number of rotatable bonds is 3. The van der Waals surface area contributed by atoms with Crippen molar-refractivity contribution in [3.05, 3.63) is 78.4 Å². The van der Waals surface area contributed by atoms with Gasteiger partial charge in [0.1, 0.15) is 0 Å². The molecule has 0 unspecified atom stereocenters. The molecule has 0 saturated carbocycles. The van der Waals surface area contributed by atoms with Crippen LogP contribution in [0.25, 0.3) is 32.9 Å². The number of pyridine rings is 1. The minimum absolute atomic E-state index is 0.123. The summed E-state index contributed by atoms with van der Waals surface area (Å²) in [6.07, 6.45) is 0.608. The van der Waals surface area contributed by atoms with Crippen molar-refractivity contribution in [2.75, 3.05) is 6.61 Å². The van der Waals surface area contributed by atoms with Crippen LogP contribution in [-0.2, 0) is 6.42 Å². The molecule has 23 heavy (non-hydrogen) atoms. The van der Waals surface area contributed by atoms with Crippen molar-refractivity contribution in [1.82, 2.24) is 4.98 Å². The molecular formula is C21H17NO. The summed E-state index contributed by atoms with van der Waals surface area (Å²) < 4.78 is 0. The Morgan fingerprint density at radius 1 is 0.783 bits per heavy atom. The lowest BCUT2D eigenvalue weighted by atomic mass is 9.98. The van der Waals surface area contributed by atoms with Crippen LogP contribution in [0.1, 0.15) is 5.56 Å². The second kappa shape index (κ2) is 5.82. The molecule has 0 bridgehead atoms. The number of aliphatic hydroxyl groups excluding tert-OH is 1. The topological polar surface area (TPSA) is 33.1 Å². The summed E-state index contributed by atoms with van der Waals surface area (Å²) in [7, 11) is 0. The predicted octanol–water partition coefficient (Wildman–Crippen LogP) is 4.59. The smallest absolute Gasteiger partial charge is 0.0742 e. The first-order chi connectivity index (χ1) is 11.4. The molecule has 0 spiro atoms. The average Bonchev–Trinajstić information content (AvgIpc) is 2.62. The molecule has 112 valence electrons. The fourth-order valence-corrected chi connectivity index (χ4v) is 3.13. The fraction of sp³-hybridized carbons (Fsp3) is 0.0952. The van der Waals surface area contributed by atoms with Crippen molar-refractivity contribution in [2.45, 2.75) is 6.42 Å². The van der Waals surface area contributed by atoms with Crippen molar-refractivity contribution in [1.29, 1.82) is 0 Å². The largest absolute Gasteiger partial charge is 0.396 e. The first-order valence-corrected chi connectivity index (χ1v) is 7.84. The maximum atomic E-state index is 9.45. The first-order valence-electron chi connectivity index (χ1n) is 7.84. The second-order valence-corrected chi connectivity index (χ2v) is 5.69. The van der Waals surface area contributed by atoms with Gasteiger partial charge in [-0.15, -0.1) is 0 Å². The molecule has 3 aromatic carbocycles. The molecule has 4 rings (SSSR count). The van der Waals surface area contributed by atoms with E-state index in [4.69, 9.17) is 4.98 Å². The molecule has 4 aromatic rings. The van der Waals surface area contributed by atoms with Crippen LogP contribution in [0.4, 0.5) is 0 Å².